The lowest BCUT2D eigenvalue weighted by Gasteiger charge is -2.36. The highest BCUT2D eigenvalue weighted by Gasteiger charge is 2.22. The van der Waals surface area contributed by atoms with Gasteiger partial charge in [-0.2, -0.15) is 10.5 Å². The number of anilines is 2. The normalized spacial score (nSPS) is 13.2. The molecule has 12 heteroatoms. The zero-order chi connectivity index (χ0) is 35.6. The van der Waals surface area contributed by atoms with E-state index < -0.39 is 5.97 Å². The molecule has 6 rings (SSSR count). The Morgan fingerprint density at radius 3 is 1.40 bits per heavy atom. The maximum Gasteiger partial charge on any atom is 0.335 e. The van der Waals surface area contributed by atoms with Crippen molar-refractivity contribution in [2.75, 3.05) is 67.1 Å². The summed E-state index contributed by atoms with van der Waals surface area (Å²) in [7, 11) is 0. The Bertz CT molecular complexity index is 1690. The van der Waals surface area contributed by atoms with Crippen molar-refractivity contribution in [3.05, 3.63) is 128 Å². The van der Waals surface area contributed by atoms with E-state index in [2.05, 4.69) is 112 Å². The van der Waals surface area contributed by atoms with Crippen LogP contribution in [0.5, 0.6) is 0 Å². The number of piperazine rings is 2. The van der Waals surface area contributed by atoms with E-state index in [1.807, 2.05) is 28.0 Å². The average Bonchev–Trinajstić information content (AvgIpc) is 3.17. The van der Waals surface area contributed by atoms with Crippen molar-refractivity contribution in [1.29, 1.82) is 10.5 Å². The second-order valence-electron chi connectivity index (χ2n) is 10.7. The van der Waals surface area contributed by atoms with Crippen LogP contribution < -0.4 is 15.1 Å². The van der Waals surface area contributed by atoms with E-state index in [-0.39, 0.29) is 18.9 Å². The summed E-state index contributed by atoms with van der Waals surface area (Å²) in [5.74, 6) is -0.945. The van der Waals surface area contributed by atoms with Gasteiger partial charge in [0, 0.05) is 78.2 Å². The number of benzene rings is 4. The summed E-state index contributed by atoms with van der Waals surface area (Å²) in [6.07, 6.45) is 0. The van der Waals surface area contributed by atoms with E-state index >= 15 is 0 Å². The molecule has 2 fully saturated rings. The molecule has 0 atom stereocenters. The molecule has 50 heavy (non-hydrogen) atoms. The zero-order valence-corrected chi connectivity index (χ0v) is 32.4. The highest BCUT2D eigenvalue weighted by molar-refractivity contribution is 14.1. The molecule has 0 aliphatic carbocycles. The molecule has 2 N–H and O–H groups in total. The Balaban J connectivity index is 0.000000273. The topological polar surface area (TPSA) is 124 Å². The molecule has 2 heterocycles. The smallest absolute Gasteiger partial charge is 0.335 e. The van der Waals surface area contributed by atoms with E-state index in [0.29, 0.717) is 29.8 Å². The van der Waals surface area contributed by atoms with E-state index in [1.165, 1.54) is 35.6 Å². The summed E-state index contributed by atoms with van der Waals surface area (Å²) >= 11 is 9.03. The molecule has 0 aromatic heterocycles. The number of rotatable bonds is 4. The van der Waals surface area contributed by atoms with Gasteiger partial charge in [0.15, 0.2) is 0 Å². The van der Waals surface area contributed by atoms with Crippen molar-refractivity contribution in [3.63, 3.8) is 0 Å². The lowest BCUT2D eigenvalue weighted by Crippen LogP contribution is -2.48. The fourth-order valence-corrected chi connectivity index (χ4v) is 5.48. The Kier molecular flexibility index (Phi) is 19.2. The molecule has 2 aliphatic heterocycles. The maximum absolute atomic E-state index is 12.5. The van der Waals surface area contributed by atoms with E-state index in [0.717, 1.165) is 48.2 Å². The van der Waals surface area contributed by atoms with E-state index in [9.17, 15) is 9.59 Å². The average molecular weight is 916 g/mol. The van der Waals surface area contributed by atoms with Crippen molar-refractivity contribution in [2.24, 2.45) is 0 Å². The number of amides is 1. The molecule has 1 amide bonds. The van der Waals surface area contributed by atoms with E-state index in [1.54, 1.807) is 24.3 Å². The number of nitrogens with one attached hydrogen (secondary N) is 1. The predicted octanol–water partition coefficient (Wildman–Crippen LogP) is 8.09. The fraction of sp³-hybridized carbons (Fsp3) is 0.263. The molecule has 4 aromatic rings. The lowest BCUT2D eigenvalue weighted by atomic mass is 10.1. The lowest BCUT2D eigenvalue weighted by molar-refractivity contribution is 0.0695. The first-order chi connectivity index (χ1) is 23.8. The molecule has 9 nitrogen and oxygen atoms in total. The Morgan fingerprint density at radius 1 is 0.640 bits per heavy atom. The third-order valence-electron chi connectivity index (χ3n) is 7.59. The molecule has 0 unspecified atom stereocenters. The largest absolute Gasteiger partial charge is 0.478 e. The first kappa shape index (κ1) is 42.2. The predicted molar refractivity (Wildman–Crippen MR) is 217 cm³/mol. The number of hydrogen-bond acceptors (Lipinski definition) is 7. The van der Waals surface area contributed by atoms with Crippen molar-refractivity contribution >= 4 is 77.7 Å². The summed E-state index contributed by atoms with van der Waals surface area (Å²) < 4.78 is 2.21. The van der Waals surface area contributed by atoms with Crippen LogP contribution in [-0.4, -0.2) is 79.2 Å². The summed E-state index contributed by atoms with van der Waals surface area (Å²) in [5.41, 5.74) is 4.38. The van der Waals surface area contributed by atoms with Gasteiger partial charge in [0.25, 0.3) is 5.91 Å². The Labute approximate surface area is 325 Å². The van der Waals surface area contributed by atoms with Gasteiger partial charge >= 0.3 is 5.97 Å². The molecule has 4 aromatic carbocycles. The molecule has 2 aliphatic rings. The van der Waals surface area contributed by atoms with Crippen LogP contribution in [0.3, 0.4) is 0 Å². The van der Waals surface area contributed by atoms with Crippen molar-refractivity contribution in [1.82, 2.24) is 10.2 Å². The Hall–Kier alpha value is -3.95. The standard InChI is InChI=1S/C18H16BrN3O.C10H13BrN2.C8H5NO2.CH3I.CH4/c19-16-5-7-17(8-6-16)21-9-11-22(12-10-21)18(23)15-3-1-14(13-20)2-4-15;11-9-1-3-10(4-2-9)13-7-5-12-6-8-13;9-5-6-1-3-7(4-2-6)8(10)11;1-2;/h1-8H,9-12H2;1-4,12H,5-8H2;1-4H,(H,10,11);1H3;1H4. The zero-order valence-electron chi connectivity index (χ0n) is 27.0. The minimum atomic E-state index is -0.977. The number of carboxylic acid groups (broad SMARTS) is 1. The Morgan fingerprint density at radius 2 is 1.02 bits per heavy atom. The van der Waals surface area contributed by atoms with Crippen LogP contribution in [0.15, 0.2) is 106 Å². The molecule has 2 saturated heterocycles. The highest BCUT2D eigenvalue weighted by atomic mass is 127. The van der Waals surface area contributed by atoms with Gasteiger partial charge in [-0.15, -0.1) is 0 Å². The van der Waals surface area contributed by atoms with Gasteiger partial charge < -0.3 is 25.1 Å². The third-order valence-corrected chi connectivity index (χ3v) is 8.65. The summed E-state index contributed by atoms with van der Waals surface area (Å²) in [4.78, 5) is 31.4. The summed E-state index contributed by atoms with van der Waals surface area (Å²) in [6.45, 7) is 7.46. The number of hydrogen-bond donors (Lipinski definition) is 2. The molecular formula is C38H41Br2IN6O3. The number of carbonyl (C=O) groups is 2. The molecule has 262 valence electrons. The van der Waals surface area contributed by atoms with Crippen LogP contribution in [0.1, 0.15) is 39.3 Å². The quantitative estimate of drug-likeness (QED) is 0.156. The second kappa shape index (κ2) is 22.7. The molecular weight excluding hydrogens is 875 g/mol. The van der Waals surface area contributed by atoms with Crippen molar-refractivity contribution in [2.45, 2.75) is 7.43 Å². The van der Waals surface area contributed by atoms with Gasteiger partial charge in [0.1, 0.15) is 0 Å². The SMILES string of the molecule is Brc1ccc(N2CCNCC2)cc1.C.CI.N#Cc1ccc(C(=O)N2CCN(c3ccc(Br)cc3)CC2)cc1.N#Cc1ccc(C(=O)O)cc1. The number of nitriles is 2. The number of alkyl halides is 1. The number of nitrogens with zero attached hydrogens (tertiary/aromatic N) is 5. The van der Waals surface area contributed by atoms with Gasteiger partial charge in [-0.1, -0.05) is 61.9 Å². The minimum Gasteiger partial charge on any atom is -0.478 e. The van der Waals surface area contributed by atoms with Gasteiger partial charge in [0.05, 0.1) is 28.8 Å². The van der Waals surface area contributed by atoms with E-state index in [4.69, 9.17) is 15.6 Å². The molecule has 0 radical (unpaired) electrons. The van der Waals surface area contributed by atoms with Gasteiger partial charge in [-0.3, -0.25) is 4.79 Å². The number of carbonyl (C=O) groups excluding carboxylic acids is 1. The van der Waals surface area contributed by atoms with Crippen LogP contribution >= 0.6 is 54.5 Å². The van der Waals surface area contributed by atoms with Crippen molar-refractivity contribution < 1.29 is 14.7 Å². The van der Waals surface area contributed by atoms with Crippen LogP contribution in [-0.2, 0) is 0 Å². The van der Waals surface area contributed by atoms with Crippen LogP contribution in [0, 0.1) is 22.7 Å². The van der Waals surface area contributed by atoms with Gasteiger partial charge in [-0.05, 0) is 102 Å². The summed E-state index contributed by atoms with van der Waals surface area (Å²) in [6, 6.07) is 33.3. The molecule has 0 bridgehead atoms. The monoisotopic (exact) mass is 914 g/mol. The minimum absolute atomic E-state index is 0. The first-order valence-electron chi connectivity index (χ1n) is 15.4. The number of halogens is 3. The number of aromatic carboxylic acids is 1. The van der Waals surface area contributed by atoms with Crippen LogP contribution in [0.2, 0.25) is 0 Å². The third kappa shape index (κ3) is 13.4. The maximum atomic E-state index is 12.5. The van der Waals surface area contributed by atoms with Crippen LogP contribution in [0.25, 0.3) is 0 Å². The van der Waals surface area contributed by atoms with Gasteiger partial charge in [0.2, 0.25) is 0 Å². The fourth-order valence-electron chi connectivity index (χ4n) is 4.95. The van der Waals surface area contributed by atoms with Crippen molar-refractivity contribution in [3.8, 4) is 12.1 Å². The first-order valence-corrected chi connectivity index (χ1v) is 19.1. The summed E-state index contributed by atoms with van der Waals surface area (Å²) in [5, 5.41) is 29.0. The second-order valence-corrected chi connectivity index (χ2v) is 12.5. The van der Waals surface area contributed by atoms with Crippen LogP contribution in [0.4, 0.5) is 11.4 Å². The molecule has 0 spiro atoms. The highest BCUT2D eigenvalue weighted by Crippen LogP contribution is 2.21. The number of carboxylic acids is 1. The van der Waals surface area contributed by atoms with Gasteiger partial charge in [-0.25, -0.2) is 4.79 Å². The molecule has 0 saturated carbocycles.